The number of thioether (sulfide) groups is 1. The van der Waals surface area contributed by atoms with E-state index in [1.165, 1.54) is 17.3 Å². The van der Waals surface area contributed by atoms with Crippen molar-refractivity contribution >= 4 is 29.0 Å². The highest BCUT2D eigenvalue weighted by Gasteiger charge is 2.19. The predicted molar refractivity (Wildman–Crippen MR) is 110 cm³/mol. The highest BCUT2D eigenvalue weighted by molar-refractivity contribution is 7.99. The van der Waals surface area contributed by atoms with E-state index in [1.807, 2.05) is 17.5 Å². The van der Waals surface area contributed by atoms with E-state index in [0.717, 1.165) is 16.9 Å². The summed E-state index contributed by atoms with van der Waals surface area (Å²) in [5.74, 6) is 0.973. The Morgan fingerprint density at radius 2 is 2.00 bits per heavy atom. The normalized spacial score (nSPS) is 12.3. The third-order valence-corrected chi connectivity index (χ3v) is 5.87. The molecule has 2 heterocycles. The Hall–Kier alpha value is -2.12. The van der Waals surface area contributed by atoms with Crippen molar-refractivity contribution in [3.63, 3.8) is 0 Å². The van der Waals surface area contributed by atoms with Crippen LogP contribution in [0.15, 0.2) is 51.4 Å². The predicted octanol–water partition coefficient (Wildman–Crippen LogP) is 4.97. The van der Waals surface area contributed by atoms with Crippen molar-refractivity contribution in [2.45, 2.75) is 38.5 Å². The van der Waals surface area contributed by atoms with E-state index in [2.05, 4.69) is 60.6 Å². The number of carbonyl (C=O) groups excluding carboxylic acids is 1. The molecule has 1 aromatic carbocycles. The van der Waals surface area contributed by atoms with Gasteiger partial charge in [-0.2, -0.15) is 0 Å². The van der Waals surface area contributed by atoms with Gasteiger partial charge in [-0.05, 0) is 34.9 Å². The van der Waals surface area contributed by atoms with Gasteiger partial charge in [0.25, 0.3) is 11.1 Å². The fraction of sp³-hybridized carbons (Fsp3) is 0.350. The molecule has 2 aromatic heterocycles. The van der Waals surface area contributed by atoms with Crippen LogP contribution in [-0.2, 0) is 11.2 Å². The second-order valence-corrected chi connectivity index (χ2v) is 8.40. The minimum absolute atomic E-state index is 0.0200. The molecule has 0 unspecified atom stereocenters. The fourth-order valence-electron chi connectivity index (χ4n) is 2.71. The maximum Gasteiger partial charge on any atom is 0.277 e. The van der Waals surface area contributed by atoms with Crippen LogP contribution in [-0.4, -0.2) is 21.9 Å². The molecule has 1 amide bonds. The first-order chi connectivity index (χ1) is 13.1. The van der Waals surface area contributed by atoms with Crippen molar-refractivity contribution in [3.05, 3.63) is 52.9 Å². The topological polar surface area (TPSA) is 68.0 Å². The lowest BCUT2D eigenvalue weighted by Gasteiger charge is -2.23. The lowest BCUT2D eigenvalue weighted by atomic mass is 9.95. The summed E-state index contributed by atoms with van der Waals surface area (Å²) >= 11 is 2.79. The molecule has 142 valence electrons. The summed E-state index contributed by atoms with van der Waals surface area (Å²) < 4.78 is 5.61. The summed E-state index contributed by atoms with van der Waals surface area (Å²) in [6.07, 6.45) is 1.01. The molecule has 0 spiro atoms. The SMILES string of the molecule is CCc1ccc([C@@H](NC(=O)CSc2nnc(-c3cccs3)o2)C(C)C)cc1. The third kappa shape index (κ3) is 5.20. The molecule has 1 atom stereocenters. The van der Waals surface area contributed by atoms with Gasteiger partial charge < -0.3 is 9.73 Å². The zero-order chi connectivity index (χ0) is 19.2. The van der Waals surface area contributed by atoms with E-state index in [0.29, 0.717) is 17.0 Å². The Labute approximate surface area is 167 Å². The lowest BCUT2D eigenvalue weighted by Crippen LogP contribution is -2.33. The van der Waals surface area contributed by atoms with E-state index in [-0.39, 0.29) is 17.7 Å². The number of aromatic nitrogens is 2. The van der Waals surface area contributed by atoms with Crippen molar-refractivity contribution in [1.29, 1.82) is 0 Å². The Balaban J connectivity index is 1.58. The number of thiophene rings is 1. The summed E-state index contributed by atoms with van der Waals surface area (Å²) in [6.45, 7) is 6.35. The zero-order valence-electron chi connectivity index (χ0n) is 15.6. The maximum absolute atomic E-state index is 12.4. The lowest BCUT2D eigenvalue weighted by molar-refractivity contribution is -0.119. The molecule has 0 saturated heterocycles. The maximum atomic E-state index is 12.4. The zero-order valence-corrected chi connectivity index (χ0v) is 17.3. The number of hydrogen-bond donors (Lipinski definition) is 1. The number of nitrogens with zero attached hydrogens (tertiary/aromatic N) is 2. The first-order valence-electron chi connectivity index (χ1n) is 8.95. The van der Waals surface area contributed by atoms with Crippen LogP contribution >= 0.6 is 23.1 Å². The van der Waals surface area contributed by atoms with Crippen molar-refractivity contribution in [2.75, 3.05) is 5.75 Å². The Kier molecular flexibility index (Phi) is 6.68. The van der Waals surface area contributed by atoms with Gasteiger partial charge in [-0.1, -0.05) is 62.9 Å². The van der Waals surface area contributed by atoms with Crippen molar-refractivity contribution in [2.24, 2.45) is 5.92 Å². The van der Waals surface area contributed by atoms with Gasteiger partial charge in [-0.3, -0.25) is 4.79 Å². The molecule has 1 N–H and O–H groups in total. The standard InChI is InChI=1S/C20H23N3O2S2/c1-4-14-7-9-15(10-8-14)18(13(2)3)21-17(24)12-27-20-23-22-19(25-20)16-6-5-11-26-16/h5-11,13,18H,4,12H2,1-3H3,(H,21,24)/t18-/m0/s1. The van der Waals surface area contributed by atoms with Crippen LogP contribution in [0, 0.1) is 5.92 Å². The van der Waals surface area contributed by atoms with Crippen LogP contribution < -0.4 is 5.32 Å². The molecule has 0 bridgehead atoms. The van der Waals surface area contributed by atoms with Crippen LogP contribution in [0.25, 0.3) is 10.8 Å². The molecule has 5 nitrogen and oxygen atoms in total. The van der Waals surface area contributed by atoms with Gasteiger partial charge in [0.2, 0.25) is 5.91 Å². The Morgan fingerprint density at radius 3 is 2.63 bits per heavy atom. The van der Waals surface area contributed by atoms with Crippen LogP contribution in [0.4, 0.5) is 0 Å². The number of rotatable bonds is 8. The first-order valence-corrected chi connectivity index (χ1v) is 10.8. The van der Waals surface area contributed by atoms with Gasteiger partial charge in [-0.15, -0.1) is 21.5 Å². The molecule has 0 saturated carbocycles. The number of benzene rings is 1. The van der Waals surface area contributed by atoms with Crippen molar-refractivity contribution in [1.82, 2.24) is 15.5 Å². The summed E-state index contributed by atoms with van der Waals surface area (Å²) in [5.41, 5.74) is 2.42. The quantitative estimate of drug-likeness (QED) is 0.540. The van der Waals surface area contributed by atoms with E-state index in [1.54, 1.807) is 11.3 Å². The minimum atomic E-state index is -0.0471. The molecular weight excluding hydrogens is 378 g/mol. The molecule has 0 radical (unpaired) electrons. The summed E-state index contributed by atoms with van der Waals surface area (Å²) in [7, 11) is 0. The smallest absolute Gasteiger partial charge is 0.277 e. The van der Waals surface area contributed by atoms with Gasteiger partial charge >= 0.3 is 0 Å². The van der Waals surface area contributed by atoms with E-state index >= 15 is 0 Å². The Bertz CT molecular complexity index is 858. The number of carbonyl (C=O) groups is 1. The van der Waals surface area contributed by atoms with Crippen LogP contribution in [0.2, 0.25) is 0 Å². The minimum Gasteiger partial charge on any atom is -0.410 e. The first kappa shape index (κ1) is 19.6. The van der Waals surface area contributed by atoms with Crippen LogP contribution in [0.1, 0.15) is 37.9 Å². The van der Waals surface area contributed by atoms with Gasteiger partial charge in [0.15, 0.2) is 0 Å². The second kappa shape index (κ2) is 9.19. The molecule has 7 heteroatoms. The second-order valence-electron chi connectivity index (χ2n) is 6.52. The van der Waals surface area contributed by atoms with Crippen LogP contribution in [0.5, 0.6) is 0 Å². The summed E-state index contributed by atoms with van der Waals surface area (Å²) in [4.78, 5) is 13.4. The number of hydrogen-bond acceptors (Lipinski definition) is 6. The van der Waals surface area contributed by atoms with Gasteiger partial charge in [0.05, 0.1) is 16.7 Å². The summed E-state index contributed by atoms with van der Waals surface area (Å²) in [6, 6.07) is 12.3. The molecular formula is C20H23N3O2S2. The summed E-state index contributed by atoms with van der Waals surface area (Å²) in [5, 5.41) is 13.5. The molecule has 0 aliphatic heterocycles. The molecule has 3 aromatic rings. The van der Waals surface area contributed by atoms with E-state index in [9.17, 15) is 4.79 Å². The van der Waals surface area contributed by atoms with Gasteiger partial charge in [0.1, 0.15) is 0 Å². The highest BCUT2D eigenvalue weighted by Crippen LogP contribution is 2.27. The Morgan fingerprint density at radius 1 is 1.22 bits per heavy atom. The van der Waals surface area contributed by atoms with Gasteiger partial charge in [-0.25, -0.2) is 0 Å². The van der Waals surface area contributed by atoms with Gasteiger partial charge in [0, 0.05) is 0 Å². The number of aryl methyl sites for hydroxylation is 1. The van der Waals surface area contributed by atoms with E-state index < -0.39 is 0 Å². The molecule has 27 heavy (non-hydrogen) atoms. The molecule has 0 aliphatic rings. The highest BCUT2D eigenvalue weighted by atomic mass is 32.2. The van der Waals surface area contributed by atoms with E-state index in [4.69, 9.17) is 4.42 Å². The molecule has 0 aliphatic carbocycles. The van der Waals surface area contributed by atoms with Crippen molar-refractivity contribution in [3.8, 4) is 10.8 Å². The van der Waals surface area contributed by atoms with Crippen molar-refractivity contribution < 1.29 is 9.21 Å². The largest absolute Gasteiger partial charge is 0.410 e. The third-order valence-electron chi connectivity index (χ3n) is 4.20. The monoisotopic (exact) mass is 401 g/mol. The average molecular weight is 402 g/mol. The van der Waals surface area contributed by atoms with Crippen LogP contribution in [0.3, 0.4) is 0 Å². The fourth-order valence-corrected chi connectivity index (χ4v) is 3.92. The average Bonchev–Trinajstić information content (AvgIpc) is 3.35. The number of amides is 1. The number of nitrogens with one attached hydrogen (secondary N) is 1. The molecule has 0 fully saturated rings. The molecule has 3 rings (SSSR count).